The van der Waals surface area contributed by atoms with E-state index in [4.69, 9.17) is 16.2 Å². The van der Waals surface area contributed by atoms with Crippen LogP contribution in [0.3, 0.4) is 0 Å². The fourth-order valence-corrected chi connectivity index (χ4v) is 4.85. The summed E-state index contributed by atoms with van der Waals surface area (Å²) in [6, 6.07) is 2.18. The smallest absolute Gasteiger partial charge is 0.0919 e. The van der Waals surface area contributed by atoms with Gasteiger partial charge in [0, 0.05) is 43.4 Å². The maximum Gasteiger partial charge on any atom is 0.0919 e. The van der Waals surface area contributed by atoms with Crippen molar-refractivity contribution in [3.63, 3.8) is 0 Å². The van der Waals surface area contributed by atoms with E-state index < -0.39 is 0 Å². The summed E-state index contributed by atoms with van der Waals surface area (Å²) in [6.45, 7) is 2.93. The van der Waals surface area contributed by atoms with Gasteiger partial charge < -0.3 is 21.5 Å². The fraction of sp³-hybridized carbons (Fsp3) is 1.00. The second kappa shape index (κ2) is 5.68. The monoisotopic (exact) mass is 268 g/mol. The highest BCUT2D eigenvalue weighted by atomic mass is 16.5. The molecule has 0 aromatic rings. The first-order valence-corrected chi connectivity index (χ1v) is 8.16. The second-order valence-corrected chi connectivity index (χ2v) is 6.89. The average Bonchev–Trinajstić information content (AvgIpc) is 2.40. The Morgan fingerprint density at radius 1 is 1.00 bits per heavy atom. The van der Waals surface area contributed by atoms with E-state index >= 15 is 0 Å². The second-order valence-electron chi connectivity index (χ2n) is 6.89. The number of quaternary nitrogens is 1. The summed E-state index contributed by atoms with van der Waals surface area (Å²) < 4.78 is 5.84. The minimum Gasteiger partial charge on any atom is -0.378 e. The molecule has 3 aliphatic rings. The molecule has 4 heteroatoms. The molecule has 4 nitrogen and oxygen atoms in total. The first-order valence-electron chi connectivity index (χ1n) is 8.16. The third-order valence-electron chi connectivity index (χ3n) is 5.79. The number of rotatable bonds is 2. The molecule has 2 aliphatic carbocycles. The van der Waals surface area contributed by atoms with Crippen LogP contribution in [-0.2, 0) is 4.74 Å². The lowest BCUT2D eigenvalue weighted by molar-refractivity contribution is -0.749. The molecule has 110 valence electrons. The molecule has 0 aromatic heterocycles. The lowest BCUT2D eigenvalue weighted by atomic mass is 9.65. The molecule has 0 radical (unpaired) electrons. The van der Waals surface area contributed by atoms with E-state index in [0.29, 0.717) is 36.1 Å². The predicted molar refractivity (Wildman–Crippen MR) is 75.5 cm³/mol. The Morgan fingerprint density at radius 3 is 2.63 bits per heavy atom. The number of fused-ring (bicyclic) bond motifs is 2. The van der Waals surface area contributed by atoms with Crippen molar-refractivity contribution in [2.45, 2.75) is 75.7 Å². The van der Waals surface area contributed by atoms with Crippen LogP contribution in [0.25, 0.3) is 0 Å². The third kappa shape index (κ3) is 2.68. The number of hydrogen-bond acceptors (Lipinski definition) is 3. The summed E-state index contributed by atoms with van der Waals surface area (Å²) in [4.78, 5) is 0. The summed E-state index contributed by atoms with van der Waals surface area (Å²) in [5.41, 5.74) is 12.8. The van der Waals surface area contributed by atoms with Crippen LogP contribution in [0.4, 0.5) is 0 Å². The molecule has 0 bridgehead atoms. The molecule has 19 heavy (non-hydrogen) atoms. The van der Waals surface area contributed by atoms with Crippen molar-refractivity contribution in [3.05, 3.63) is 0 Å². The van der Waals surface area contributed by atoms with Crippen LogP contribution < -0.4 is 16.8 Å². The van der Waals surface area contributed by atoms with Crippen molar-refractivity contribution in [1.82, 2.24) is 0 Å². The Labute approximate surface area is 116 Å². The van der Waals surface area contributed by atoms with E-state index in [1.807, 2.05) is 0 Å². The standard InChI is InChI=1S/C15H29N3O/c1-2-19-10-4-6-13-12(8-10)15(17)11-5-3-9(16)7-14(11)18-13/h9-15,18H,2-8,16-17H2,1H3/p+1. The van der Waals surface area contributed by atoms with E-state index in [2.05, 4.69) is 12.2 Å². The zero-order valence-electron chi connectivity index (χ0n) is 12.1. The van der Waals surface area contributed by atoms with Crippen LogP contribution in [0.1, 0.15) is 45.4 Å². The number of nitrogens with two attached hydrogens (primary N) is 3. The SMILES string of the molecule is CCOC1CCC2[NH2+]C3CC(N)CCC3C(N)C2C1. The third-order valence-corrected chi connectivity index (χ3v) is 5.79. The summed E-state index contributed by atoms with van der Waals surface area (Å²) in [6.07, 6.45) is 7.65. The van der Waals surface area contributed by atoms with Crippen LogP contribution in [0.15, 0.2) is 0 Å². The van der Waals surface area contributed by atoms with Gasteiger partial charge in [-0.1, -0.05) is 0 Å². The average molecular weight is 268 g/mol. The first-order chi connectivity index (χ1) is 9.19. The predicted octanol–water partition coefficient (Wildman–Crippen LogP) is -0.0395. The Balaban J connectivity index is 1.67. The lowest BCUT2D eigenvalue weighted by Gasteiger charge is -2.49. The topological polar surface area (TPSA) is 77.9 Å². The van der Waals surface area contributed by atoms with Gasteiger partial charge in [0.1, 0.15) is 0 Å². The number of ether oxygens (including phenoxy) is 1. The van der Waals surface area contributed by atoms with Crippen molar-refractivity contribution >= 4 is 0 Å². The van der Waals surface area contributed by atoms with Gasteiger partial charge in [0.15, 0.2) is 0 Å². The van der Waals surface area contributed by atoms with Gasteiger partial charge in [0.2, 0.25) is 0 Å². The van der Waals surface area contributed by atoms with E-state index in [1.54, 1.807) is 0 Å². The Morgan fingerprint density at radius 2 is 1.84 bits per heavy atom. The van der Waals surface area contributed by atoms with Crippen LogP contribution in [0.5, 0.6) is 0 Å². The molecule has 0 spiro atoms. The van der Waals surface area contributed by atoms with E-state index in [1.165, 1.54) is 25.7 Å². The Bertz CT molecular complexity index is 312. The summed E-state index contributed by atoms with van der Waals surface area (Å²) in [5.74, 6) is 1.34. The summed E-state index contributed by atoms with van der Waals surface area (Å²) >= 11 is 0. The highest BCUT2D eigenvalue weighted by molar-refractivity contribution is 4.98. The van der Waals surface area contributed by atoms with Crippen LogP contribution in [0.2, 0.25) is 0 Å². The zero-order chi connectivity index (χ0) is 13.4. The van der Waals surface area contributed by atoms with Gasteiger partial charge in [-0.25, -0.2) is 0 Å². The van der Waals surface area contributed by atoms with Crippen LogP contribution in [0, 0.1) is 11.8 Å². The first kappa shape index (κ1) is 13.8. The van der Waals surface area contributed by atoms with Gasteiger partial charge in [-0.15, -0.1) is 0 Å². The molecule has 6 N–H and O–H groups in total. The van der Waals surface area contributed by atoms with Gasteiger partial charge in [-0.05, 0) is 32.6 Å². The minimum absolute atomic E-state index is 0.371. The minimum atomic E-state index is 0.371. The van der Waals surface area contributed by atoms with Gasteiger partial charge in [0.05, 0.1) is 18.2 Å². The normalized spacial score (nSPS) is 50.4. The largest absolute Gasteiger partial charge is 0.378 e. The van der Waals surface area contributed by atoms with Crippen molar-refractivity contribution in [2.75, 3.05) is 6.61 Å². The van der Waals surface area contributed by atoms with Crippen LogP contribution >= 0.6 is 0 Å². The molecule has 1 saturated heterocycles. The highest BCUT2D eigenvalue weighted by Gasteiger charge is 2.49. The van der Waals surface area contributed by atoms with E-state index in [-0.39, 0.29) is 0 Å². The Hall–Kier alpha value is -0.160. The molecule has 1 heterocycles. The fourth-order valence-electron chi connectivity index (χ4n) is 4.85. The van der Waals surface area contributed by atoms with E-state index in [9.17, 15) is 0 Å². The maximum absolute atomic E-state index is 6.63. The van der Waals surface area contributed by atoms with Crippen molar-refractivity contribution in [1.29, 1.82) is 0 Å². The highest BCUT2D eigenvalue weighted by Crippen LogP contribution is 2.37. The van der Waals surface area contributed by atoms with Crippen molar-refractivity contribution in [2.24, 2.45) is 23.3 Å². The molecule has 3 rings (SSSR count). The quantitative estimate of drug-likeness (QED) is 0.657. The zero-order valence-corrected chi connectivity index (χ0v) is 12.1. The van der Waals surface area contributed by atoms with Gasteiger partial charge >= 0.3 is 0 Å². The molecular formula is C15H30N3O+. The number of piperidine rings is 1. The van der Waals surface area contributed by atoms with Crippen molar-refractivity contribution in [3.8, 4) is 0 Å². The molecule has 3 fully saturated rings. The summed E-state index contributed by atoms with van der Waals surface area (Å²) in [7, 11) is 0. The van der Waals surface area contributed by atoms with E-state index in [0.717, 1.165) is 25.5 Å². The van der Waals surface area contributed by atoms with Gasteiger partial charge in [0.25, 0.3) is 0 Å². The van der Waals surface area contributed by atoms with Crippen LogP contribution in [-0.4, -0.2) is 36.9 Å². The Kier molecular flexibility index (Phi) is 4.13. The molecule has 7 atom stereocenters. The molecule has 0 aromatic carbocycles. The van der Waals surface area contributed by atoms with Gasteiger partial charge in [-0.3, -0.25) is 0 Å². The maximum atomic E-state index is 6.63. The molecule has 1 aliphatic heterocycles. The molecule has 7 unspecified atom stereocenters. The lowest BCUT2D eigenvalue weighted by Crippen LogP contribution is -3.02. The van der Waals surface area contributed by atoms with Gasteiger partial charge in [-0.2, -0.15) is 0 Å². The molecule has 0 amide bonds. The molecular weight excluding hydrogens is 238 g/mol. The number of hydrogen-bond donors (Lipinski definition) is 3. The van der Waals surface area contributed by atoms with Crippen molar-refractivity contribution < 1.29 is 10.1 Å². The molecule has 2 saturated carbocycles. The summed E-state index contributed by atoms with van der Waals surface area (Å²) in [5, 5.41) is 2.62.